The minimum Gasteiger partial charge on any atom is -0.495 e. The molecule has 0 aliphatic rings. The number of methoxy groups -OCH3 is 1. The molecule has 0 spiro atoms. The number of hydrogen-bond acceptors (Lipinski definition) is 3. The van der Waals surface area contributed by atoms with Gasteiger partial charge in [0, 0.05) is 25.9 Å². The summed E-state index contributed by atoms with van der Waals surface area (Å²) in [6, 6.07) is 7.39. The summed E-state index contributed by atoms with van der Waals surface area (Å²) in [5.41, 5.74) is 0.642. The lowest BCUT2D eigenvalue weighted by Crippen LogP contribution is -2.38. The second-order valence-electron chi connectivity index (χ2n) is 4.97. The number of benzene rings is 1. The number of carbonyl (C=O) groups is 2. The van der Waals surface area contributed by atoms with Crippen molar-refractivity contribution in [2.45, 2.75) is 39.7 Å². The van der Waals surface area contributed by atoms with Crippen molar-refractivity contribution in [1.82, 2.24) is 4.90 Å². The summed E-state index contributed by atoms with van der Waals surface area (Å²) < 4.78 is 5.19. The van der Waals surface area contributed by atoms with E-state index in [-0.39, 0.29) is 24.3 Å². The molecule has 2 amide bonds. The molecule has 1 aromatic carbocycles. The summed E-state index contributed by atoms with van der Waals surface area (Å²) in [4.78, 5) is 25.3. The summed E-state index contributed by atoms with van der Waals surface area (Å²) in [5.74, 6) is 0.486. The van der Waals surface area contributed by atoms with E-state index in [1.807, 2.05) is 26.0 Å². The third kappa shape index (κ3) is 5.10. The number of para-hydroxylation sites is 2. The van der Waals surface area contributed by atoms with Crippen molar-refractivity contribution >= 4 is 17.5 Å². The molecule has 1 rings (SSSR count). The van der Waals surface area contributed by atoms with Gasteiger partial charge in [-0.25, -0.2) is 0 Å². The molecule has 0 heterocycles. The molecule has 0 radical (unpaired) electrons. The SMILES string of the molecule is CCC(C)N(CCC(=O)Nc1ccccc1OC)C(C)=O. The van der Waals surface area contributed by atoms with Crippen LogP contribution in [0.5, 0.6) is 5.75 Å². The molecule has 1 atom stereocenters. The number of hydrogen-bond donors (Lipinski definition) is 1. The van der Waals surface area contributed by atoms with Crippen LogP contribution >= 0.6 is 0 Å². The van der Waals surface area contributed by atoms with E-state index in [1.165, 1.54) is 6.92 Å². The molecule has 0 bridgehead atoms. The molecule has 1 unspecified atom stereocenters. The van der Waals surface area contributed by atoms with Gasteiger partial charge in [0.25, 0.3) is 0 Å². The third-order valence-electron chi connectivity index (χ3n) is 3.49. The van der Waals surface area contributed by atoms with Crippen LogP contribution in [0.3, 0.4) is 0 Å². The van der Waals surface area contributed by atoms with Crippen molar-refractivity contribution in [3.63, 3.8) is 0 Å². The van der Waals surface area contributed by atoms with E-state index in [4.69, 9.17) is 4.74 Å². The van der Waals surface area contributed by atoms with Gasteiger partial charge in [-0.15, -0.1) is 0 Å². The summed E-state index contributed by atoms with van der Waals surface area (Å²) in [5, 5.41) is 2.81. The van der Waals surface area contributed by atoms with Gasteiger partial charge < -0.3 is 15.0 Å². The molecule has 0 aromatic heterocycles. The number of ether oxygens (including phenoxy) is 1. The van der Waals surface area contributed by atoms with Gasteiger partial charge in [0.2, 0.25) is 11.8 Å². The van der Waals surface area contributed by atoms with Crippen LogP contribution in [0.25, 0.3) is 0 Å². The molecular formula is C16H24N2O3. The van der Waals surface area contributed by atoms with E-state index in [0.29, 0.717) is 18.0 Å². The molecule has 1 aromatic rings. The van der Waals surface area contributed by atoms with Gasteiger partial charge >= 0.3 is 0 Å². The number of carbonyl (C=O) groups excluding carboxylic acids is 2. The lowest BCUT2D eigenvalue weighted by molar-refractivity contribution is -0.131. The zero-order valence-corrected chi connectivity index (χ0v) is 13.2. The average Bonchev–Trinajstić information content (AvgIpc) is 2.47. The van der Waals surface area contributed by atoms with Crippen molar-refractivity contribution in [2.24, 2.45) is 0 Å². The third-order valence-corrected chi connectivity index (χ3v) is 3.49. The fourth-order valence-electron chi connectivity index (χ4n) is 2.09. The number of anilines is 1. The fourth-order valence-corrected chi connectivity index (χ4v) is 2.09. The highest BCUT2D eigenvalue weighted by molar-refractivity contribution is 5.92. The average molecular weight is 292 g/mol. The van der Waals surface area contributed by atoms with E-state index < -0.39 is 0 Å². The van der Waals surface area contributed by atoms with Crippen LogP contribution in [0.2, 0.25) is 0 Å². The molecular weight excluding hydrogens is 268 g/mol. The first-order valence-corrected chi connectivity index (χ1v) is 7.19. The molecule has 0 saturated heterocycles. The second kappa shape index (κ2) is 8.29. The van der Waals surface area contributed by atoms with Crippen molar-refractivity contribution in [2.75, 3.05) is 19.0 Å². The highest BCUT2D eigenvalue weighted by Gasteiger charge is 2.16. The summed E-state index contributed by atoms with van der Waals surface area (Å²) in [6.45, 7) is 5.96. The Bertz CT molecular complexity index is 488. The Morgan fingerprint density at radius 2 is 2.00 bits per heavy atom. The monoisotopic (exact) mass is 292 g/mol. The summed E-state index contributed by atoms with van der Waals surface area (Å²) in [7, 11) is 1.56. The van der Waals surface area contributed by atoms with Crippen LogP contribution in [0, 0.1) is 0 Å². The maximum absolute atomic E-state index is 12.0. The Kier molecular flexibility index (Phi) is 6.72. The fraction of sp³-hybridized carbons (Fsp3) is 0.500. The van der Waals surface area contributed by atoms with E-state index in [1.54, 1.807) is 24.1 Å². The lowest BCUT2D eigenvalue weighted by Gasteiger charge is -2.27. The predicted molar refractivity (Wildman–Crippen MR) is 83.4 cm³/mol. The van der Waals surface area contributed by atoms with Gasteiger partial charge in [-0.2, -0.15) is 0 Å². The normalized spacial score (nSPS) is 11.6. The van der Waals surface area contributed by atoms with Gasteiger partial charge in [-0.05, 0) is 25.5 Å². The van der Waals surface area contributed by atoms with Gasteiger partial charge in [0.1, 0.15) is 5.75 Å². The van der Waals surface area contributed by atoms with Crippen LogP contribution < -0.4 is 10.1 Å². The van der Waals surface area contributed by atoms with Crippen LogP contribution in [-0.4, -0.2) is 36.4 Å². The lowest BCUT2D eigenvalue weighted by atomic mass is 10.2. The van der Waals surface area contributed by atoms with Crippen LogP contribution in [0.1, 0.15) is 33.6 Å². The first-order valence-electron chi connectivity index (χ1n) is 7.19. The smallest absolute Gasteiger partial charge is 0.226 e. The van der Waals surface area contributed by atoms with E-state index in [0.717, 1.165) is 6.42 Å². The zero-order valence-electron chi connectivity index (χ0n) is 13.2. The second-order valence-corrected chi connectivity index (χ2v) is 4.97. The van der Waals surface area contributed by atoms with E-state index in [9.17, 15) is 9.59 Å². The molecule has 5 heteroatoms. The van der Waals surface area contributed by atoms with Crippen LogP contribution in [0.4, 0.5) is 5.69 Å². The number of amides is 2. The molecule has 0 aliphatic carbocycles. The summed E-state index contributed by atoms with van der Waals surface area (Å²) >= 11 is 0. The van der Waals surface area contributed by atoms with Crippen LogP contribution in [-0.2, 0) is 9.59 Å². The zero-order chi connectivity index (χ0) is 15.8. The molecule has 0 saturated carbocycles. The largest absolute Gasteiger partial charge is 0.495 e. The van der Waals surface area contributed by atoms with Crippen LogP contribution in [0.15, 0.2) is 24.3 Å². The topological polar surface area (TPSA) is 58.6 Å². The Labute approximate surface area is 126 Å². The van der Waals surface area contributed by atoms with Crippen molar-refractivity contribution < 1.29 is 14.3 Å². The number of nitrogens with zero attached hydrogens (tertiary/aromatic N) is 1. The standard InChI is InChI=1S/C16H24N2O3/c1-5-12(2)18(13(3)19)11-10-16(20)17-14-8-6-7-9-15(14)21-4/h6-9,12H,5,10-11H2,1-4H3,(H,17,20). The van der Waals surface area contributed by atoms with E-state index >= 15 is 0 Å². The molecule has 116 valence electrons. The van der Waals surface area contributed by atoms with Gasteiger partial charge in [0.15, 0.2) is 0 Å². The predicted octanol–water partition coefficient (Wildman–Crippen LogP) is 2.67. The Morgan fingerprint density at radius 3 is 2.57 bits per heavy atom. The van der Waals surface area contributed by atoms with Gasteiger partial charge in [-0.1, -0.05) is 19.1 Å². The van der Waals surface area contributed by atoms with E-state index in [2.05, 4.69) is 5.32 Å². The Balaban J connectivity index is 2.59. The number of rotatable bonds is 7. The molecule has 0 fully saturated rings. The molecule has 1 N–H and O–H groups in total. The summed E-state index contributed by atoms with van der Waals surface area (Å²) in [6.07, 6.45) is 1.13. The van der Waals surface area contributed by atoms with Crippen molar-refractivity contribution in [3.8, 4) is 5.75 Å². The van der Waals surface area contributed by atoms with Gasteiger partial charge in [-0.3, -0.25) is 9.59 Å². The quantitative estimate of drug-likeness (QED) is 0.840. The Morgan fingerprint density at radius 1 is 1.33 bits per heavy atom. The maximum Gasteiger partial charge on any atom is 0.226 e. The molecule has 0 aliphatic heterocycles. The molecule has 5 nitrogen and oxygen atoms in total. The van der Waals surface area contributed by atoms with Crippen molar-refractivity contribution in [3.05, 3.63) is 24.3 Å². The Hall–Kier alpha value is -2.04. The first-order chi connectivity index (χ1) is 9.99. The number of nitrogens with one attached hydrogen (secondary N) is 1. The minimum atomic E-state index is -0.131. The first kappa shape index (κ1) is 17.0. The maximum atomic E-state index is 12.0. The minimum absolute atomic E-state index is 0.00515. The highest BCUT2D eigenvalue weighted by atomic mass is 16.5. The van der Waals surface area contributed by atoms with Gasteiger partial charge in [0.05, 0.1) is 12.8 Å². The molecule has 21 heavy (non-hydrogen) atoms. The highest BCUT2D eigenvalue weighted by Crippen LogP contribution is 2.23. The van der Waals surface area contributed by atoms with Crippen molar-refractivity contribution in [1.29, 1.82) is 0 Å².